The van der Waals surface area contributed by atoms with Gasteiger partial charge in [0.25, 0.3) is 0 Å². The van der Waals surface area contributed by atoms with Crippen molar-refractivity contribution in [1.29, 1.82) is 0 Å². The molecule has 4 heteroatoms. The highest BCUT2D eigenvalue weighted by Gasteiger charge is 2.40. The van der Waals surface area contributed by atoms with E-state index < -0.39 is 0 Å². The van der Waals surface area contributed by atoms with Crippen LogP contribution in [0.3, 0.4) is 0 Å². The van der Waals surface area contributed by atoms with E-state index in [0.29, 0.717) is 4.83 Å². The molecule has 1 aromatic rings. The van der Waals surface area contributed by atoms with Crippen LogP contribution in [-0.4, -0.2) is 14.2 Å². The molecule has 2 saturated carbocycles. The van der Waals surface area contributed by atoms with Crippen LogP contribution in [0.2, 0.25) is 0 Å². The summed E-state index contributed by atoms with van der Waals surface area (Å²) in [4.78, 5) is 0.371. The largest absolute Gasteiger partial charge is 0.493 e. The van der Waals surface area contributed by atoms with Gasteiger partial charge in [0, 0.05) is 9.30 Å². The molecule has 2 bridgehead atoms. The van der Waals surface area contributed by atoms with E-state index in [1.54, 1.807) is 14.2 Å². The van der Waals surface area contributed by atoms with Gasteiger partial charge in [0.2, 0.25) is 0 Å². The fraction of sp³-hybridized carbons (Fsp3) is 0.647. The maximum absolute atomic E-state index is 5.43. The lowest BCUT2D eigenvalue weighted by Gasteiger charge is -2.25. The van der Waals surface area contributed by atoms with E-state index in [2.05, 4.69) is 37.9 Å². The van der Waals surface area contributed by atoms with Crippen LogP contribution >= 0.6 is 31.9 Å². The Kier molecular flexibility index (Phi) is 4.84. The number of hydrogen-bond donors (Lipinski definition) is 0. The number of halogens is 2. The summed E-state index contributed by atoms with van der Waals surface area (Å²) in [5.41, 5.74) is 1.26. The Morgan fingerprint density at radius 2 is 1.86 bits per heavy atom. The quantitative estimate of drug-likeness (QED) is 0.569. The van der Waals surface area contributed by atoms with E-state index in [-0.39, 0.29) is 0 Å². The standard InChI is InChI=1S/C17H22Br2O2/c1-20-16-8-13(15(19)9-17(16)21-2)14(18)7-12-6-10-3-4-11(12)5-10/h8-12,14H,3-7H2,1-2H3. The predicted molar refractivity (Wildman–Crippen MR) is 92.5 cm³/mol. The number of methoxy groups -OCH3 is 2. The van der Waals surface area contributed by atoms with Crippen molar-refractivity contribution in [2.24, 2.45) is 17.8 Å². The molecular formula is C17H22Br2O2. The number of rotatable bonds is 5. The number of hydrogen-bond acceptors (Lipinski definition) is 2. The van der Waals surface area contributed by atoms with Gasteiger partial charge in [0.05, 0.1) is 14.2 Å². The third-order valence-electron chi connectivity index (χ3n) is 5.23. The van der Waals surface area contributed by atoms with E-state index in [4.69, 9.17) is 9.47 Å². The number of fused-ring (bicyclic) bond motifs is 2. The van der Waals surface area contributed by atoms with Crippen molar-refractivity contribution in [2.45, 2.75) is 36.9 Å². The Morgan fingerprint density at radius 3 is 2.43 bits per heavy atom. The third kappa shape index (κ3) is 3.12. The van der Waals surface area contributed by atoms with Gasteiger partial charge in [-0.25, -0.2) is 0 Å². The predicted octanol–water partition coefficient (Wildman–Crippen LogP) is 5.73. The smallest absolute Gasteiger partial charge is 0.161 e. The van der Waals surface area contributed by atoms with Crippen molar-refractivity contribution in [3.63, 3.8) is 0 Å². The lowest BCUT2D eigenvalue weighted by Crippen LogP contribution is -2.12. The number of ether oxygens (including phenoxy) is 2. The first-order valence-corrected chi connectivity index (χ1v) is 9.38. The van der Waals surface area contributed by atoms with Crippen molar-refractivity contribution in [2.75, 3.05) is 14.2 Å². The van der Waals surface area contributed by atoms with Crippen LogP contribution in [0.1, 0.15) is 42.5 Å². The lowest BCUT2D eigenvalue weighted by molar-refractivity contribution is 0.313. The molecular weight excluding hydrogens is 396 g/mol. The van der Waals surface area contributed by atoms with Crippen LogP contribution in [0, 0.1) is 17.8 Å². The van der Waals surface area contributed by atoms with Crippen molar-refractivity contribution >= 4 is 31.9 Å². The Bertz CT molecular complexity index is 518. The first kappa shape index (κ1) is 15.7. The number of benzene rings is 1. The zero-order valence-electron chi connectivity index (χ0n) is 12.6. The van der Waals surface area contributed by atoms with Crippen LogP contribution in [-0.2, 0) is 0 Å². The molecule has 0 aromatic heterocycles. The van der Waals surface area contributed by atoms with Crippen LogP contribution in [0.15, 0.2) is 16.6 Å². The van der Waals surface area contributed by atoms with Gasteiger partial charge in [0.1, 0.15) is 0 Å². The second-order valence-electron chi connectivity index (χ2n) is 6.37. The minimum atomic E-state index is 0.371. The van der Waals surface area contributed by atoms with Gasteiger partial charge >= 0.3 is 0 Å². The molecule has 0 amide bonds. The second-order valence-corrected chi connectivity index (χ2v) is 8.33. The van der Waals surface area contributed by atoms with Gasteiger partial charge < -0.3 is 9.47 Å². The summed E-state index contributed by atoms with van der Waals surface area (Å²) >= 11 is 7.58. The van der Waals surface area contributed by atoms with Gasteiger partial charge in [-0.2, -0.15) is 0 Å². The van der Waals surface area contributed by atoms with E-state index in [1.807, 2.05) is 6.07 Å². The zero-order valence-corrected chi connectivity index (χ0v) is 15.7. The average Bonchev–Trinajstić information content (AvgIpc) is 3.09. The summed E-state index contributed by atoms with van der Waals surface area (Å²) in [6.07, 6.45) is 7.03. The molecule has 0 N–H and O–H groups in total. The van der Waals surface area contributed by atoms with Crippen LogP contribution in [0.25, 0.3) is 0 Å². The highest BCUT2D eigenvalue weighted by atomic mass is 79.9. The highest BCUT2D eigenvalue weighted by molar-refractivity contribution is 9.11. The minimum Gasteiger partial charge on any atom is -0.493 e. The first-order chi connectivity index (χ1) is 10.1. The summed E-state index contributed by atoms with van der Waals surface area (Å²) in [6, 6.07) is 4.10. The Morgan fingerprint density at radius 1 is 1.14 bits per heavy atom. The van der Waals surface area contributed by atoms with Crippen molar-refractivity contribution in [3.05, 3.63) is 22.2 Å². The van der Waals surface area contributed by atoms with Gasteiger partial charge in [0.15, 0.2) is 11.5 Å². The summed E-state index contributed by atoms with van der Waals surface area (Å²) in [7, 11) is 3.36. The van der Waals surface area contributed by atoms with Crippen molar-refractivity contribution in [1.82, 2.24) is 0 Å². The molecule has 1 aromatic carbocycles. The van der Waals surface area contributed by atoms with E-state index in [9.17, 15) is 0 Å². The van der Waals surface area contributed by atoms with E-state index >= 15 is 0 Å². The molecule has 2 aliphatic rings. The second kappa shape index (κ2) is 6.49. The molecule has 0 saturated heterocycles. The summed E-state index contributed by atoms with van der Waals surface area (Å²) in [6.45, 7) is 0. The maximum atomic E-state index is 5.43. The normalized spacial score (nSPS) is 28.7. The molecule has 21 heavy (non-hydrogen) atoms. The van der Waals surface area contributed by atoms with Crippen LogP contribution in [0.5, 0.6) is 11.5 Å². The van der Waals surface area contributed by atoms with E-state index in [1.165, 1.54) is 37.7 Å². The fourth-order valence-electron chi connectivity index (χ4n) is 4.17. The molecule has 0 aliphatic heterocycles. The zero-order chi connectivity index (χ0) is 15.0. The summed E-state index contributed by atoms with van der Waals surface area (Å²) in [5.74, 6) is 4.43. The fourth-order valence-corrected chi connectivity index (χ4v) is 5.93. The molecule has 0 radical (unpaired) electrons. The van der Waals surface area contributed by atoms with Crippen LogP contribution < -0.4 is 9.47 Å². The summed E-state index contributed by atoms with van der Waals surface area (Å²) < 4.78 is 11.9. The Labute approximate surface area is 143 Å². The van der Waals surface area contributed by atoms with Gasteiger partial charge in [-0.15, -0.1) is 0 Å². The summed E-state index contributed by atoms with van der Waals surface area (Å²) in [5, 5.41) is 0. The lowest BCUT2D eigenvalue weighted by atomic mass is 9.84. The van der Waals surface area contributed by atoms with E-state index in [0.717, 1.165) is 33.7 Å². The molecule has 4 atom stereocenters. The minimum absolute atomic E-state index is 0.371. The van der Waals surface area contributed by atoms with Crippen LogP contribution in [0.4, 0.5) is 0 Å². The highest BCUT2D eigenvalue weighted by Crippen LogP contribution is 2.52. The monoisotopic (exact) mass is 416 g/mol. The molecule has 3 rings (SSSR count). The SMILES string of the molecule is COc1cc(Br)c(C(Br)CC2CC3CCC2C3)cc1OC. The molecule has 2 fully saturated rings. The molecule has 0 heterocycles. The number of alkyl halides is 1. The van der Waals surface area contributed by atoms with Gasteiger partial charge in [-0.1, -0.05) is 38.3 Å². The molecule has 116 valence electrons. The Hall–Kier alpha value is -0.220. The third-order valence-corrected chi connectivity index (χ3v) is 6.79. The molecule has 4 unspecified atom stereocenters. The molecule has 2 aliphatic carbocycles. The average molecular weight is 418 g/mol. The van der Waals surface area contributed by atoms with Gasteiger partial charge in [-0.05, 0) is 61.1 Å². The van der Waals surface area contributed by atoms with Crippen molar-refractivity contribution < 1.29 is 9.47 Å². The molecule has 2 nitrogen and oxygen atoms in total. The topological polar surface area (TPSA) is 18.5 Å². The first-order valence-electron chi connectivity index (χ1n) is 7.67. The van der Waals surface area contributed by atoms with Crippen molar-refractivity contribution in [3.8, 4) is 11.5 Å². The molecule has 0 spiro atoms. The maximum Gasteiger partial charge on any atom is 0.161 e. The Balaban J connectivity index is 1.76. The van der Waals surface area contributed by atoms with Gasteiger partial charge in [-0.3, -0.25) is 0 Å².